The van der Waals surface area contributed by atoms with Gasteiger partial charge < -0.3 is 9.47 Å². The van der Waals surface area contributed by atoms with E-state index in [0.29, 0.717) is 0 Å². The summed E-state index contributed by atoms with van der Waals surface area (Å²) in [5, 5.41) is 19.4. The highest BCUT2D eigenvalue weighted by atomic mass is 16.5. The number of benzene rings is 2. The van der Waals surface area contributed by atoms with Crippen molar-refractivity contribution in [1.29, 1.82) is 5.26 Å². The van der Waals surface area contributed by atoms with Gasteiger partial charge in [-0.3, -0.25) is 0 Å². The molecule has 0 aliphatic rings. The molecule has 0 bridgehead atoms. The Morgan fingerprint density at radius 2 is 1.42 bits per heavy atom. The maximum atomic E-state index is 10.7. The topological polar surface area (TPSA) is 67.0 Å². The van der Waals surface area contributed by atoms with E-state index in [1.807, 2.05) is 24.3 Å². The summed E-state index contributed by atoms with van der Waals surface area (Å²) in [5.41, 5.74) is 1.51. The second-order valence-corrected chi connectivity index (χ2v) is 13.1. The lowest BCUT2D eigenvalue weighted by atomic mass is 9.73. The van der Waals surface area contributed by atoms with Gasteiger partial charge in [-0.15, -0.1) is 0 Å². The van der Waals surface area contributed by atoms with Crippen molar-refractivity contribution in [1.82, 2.24) is 0 Å². The molecule has 238 valence electrons. The van der Waals surface area contributed by atoms with Crippen molar-refractivity contribution in [2.45, 2.75) is 147 Å². The number of methoxy groups -OCH3 is 1. The molecule has 0 radical (unpaired) electrons. The summed E-state index contributed by atoms with van der Waals surface area (Å²) in [6.07, 6.45) is 18.3. The number of ether oxygens (including phenoxy) is 2. The highest BCUT2D eigenvalue weighted by Crippen LogP contribution is 2.38. The van der Waals surface area contributed by atoms with Crippen LogP contribution in [0.15, 0.2) is 58.8 Å². The Bertz CT molecular complexity index is 1100. The fourth-order valence-electron chi connectivity index (χ4n) is 5.94. The average molecular weight is 590 g/mol. The summed E-state index contributed by atoms with van der Waals surface area (Å²) in [6.45, 7) is 8.46. The zero-order valence-electron chi connectivity index (χ0n) is 28.2. The van der Waals surface area contributed by atoms with Gasteiger partial charge in [0.2, 0.25) is 0 Å². The third-order valence-electron chi connectivity index (χ3n) is 8.30. The standard InChI is InChI=1S/C38H59N3O2/c1-7-8-9-10-11-12-13-14-15-16-27-38(31-39,33-21-18-24-36(30-33)43-37(2,3)4)28-19-22-34(41-40-5)26-25-32-20-17-23-35(29-32)42-6/h17-18,20-21,23-24,29-30,34H,7-16,19,22,25-28H2,1-6H3. The minimum atomic E-state index is -0.530. The van der Waals surface area contributed by atoms with E-state index in [0.717, 1.165) is 62.0 Å². The molecule has 2 unspecified atom stereocenters. The van der Waals surface area contributed by atoms with Gasteiger partial charge in [0, 0.05) is 7.05 Å². The van der Waals surface area contributed by atoms with Crippen LogP contribution in [0.2, 0.25) is 0 Å². The van der Waals surface area contributed by atoms with E-state index in [1.54, 1.807) is 14.2 Å². The number of hydrogen-bond acceptors (Lipinski definition) is 5. The molecule has 5 heteroatoms. The molecular weight excluding hydrogens is 530 g/mol. The largest absolute Gasteiger partial charge is 0.497 e. The first-order chi connectivity index (χ1) is 20.7. The van der Waals surface area contributed by atoms with Crippen molar-refractivity contribution in [3.63, 3.8) is 0 Å². The monoisotopic (exact) mass is 589 g/mol. The van der Waals surface area contributed by atoms with Gasteiger partial charge >= 0.3 is 0 Å². The number of unbranched alkanes of at least 4 members (excludes halogenated alkanes) is 9. The van der Waals surface area contributed by atoms with Crippen LogP contribution in [-0.4, -0.2) is 25.8 Å². The van der Waals surface area contributed by atoms with Crippen molar-refractivity contribution in [3.8, 4) is 17.6 Å². The molecule has 0 amide bonds. The van der Waals surface area contributed by atoms with Crippen LogP contribution in [0.5, 0.6) is 11.5 Å². The van der Waals surface area contributed by atoms with Crippen molar-refractivity contribution >= 4 is 0 Å². The summed E-state index contributed by atoms with van der Waals surface area (Å²) < 4.78 is 11.6. The van der Waals surface area contributed by atoms with E-state index in [9.17, 15) is 5.26 Å². The molecule has 0 aliphatic heterocycles. The molecule has 2 aromatic rings. The van der Waals surface area contributed by atoms with Gasteiger partial charge in [0.25, 0.3) is 0 Å². The predicted molar refractivity (Wildman–Crippen MR) is 180 cm³/mol. The molecule has 0 heterocycles. The Balaban J connectivity index is 2.05. The Labute approximate surface area is 263 Å². The van der Waals surface area contributed by atoms with E-state index in [1.165, 1.54) is 63.4 Å². The van der Waals surface area contributed by atoms with Gasteiger partial charge in [-0.1, -0.05) is 95.4 Å². The van der Waals surface area contributed by atoms with Crippen molar-refractivity contribution < 1.29 is 9.47 Å². The molecule has 2 aromatic carbocycles. The lowest BCUT2D eigenvalue weighted by molar-refractivity contribution is 0.130. The lowest BCUT2D eigenvalue weighted by Gasteiger charge is -2.29. The zero-order valence-corrected chi connectivity index (χ0v) is 28.2. The maximum Gasteiger partial charge on any atom is 0.120 e. The highest BCUT2D eigenvalue weighted by molar-refractivity contribution is 5.38. The van der Waals surface area contributed by atoms with E-state index < -0.39 is 5.41 Å². The van der Waals surface area contributed by atoms with Crippen LogP contribution in [0, 0.1) is 11.3 Å². The first-order valence-corrected chi connectivity index (χ1v) is 16.9. The molecule has 0 aromatic heterocycles. The molecule has 2 atom stereocenters. The van der Waals surface area contributed by atoms with Crippen LogP contribution in [0.4, 0.5) is 0 Å². The van der Waals surface area contributed by atoms with E-state index in [2.05, 4.69) is 68.3 Å². The summed E-state index contributed by atoms with van der Waals surface area (Å²) in [4.78, 5) is 0. The van der Waals surface area contributed by atoms with Crippen LogP contribution in [-0.2, 0) is 11.8 Å². The molecular formula is C38H59N3O2. The summed E-state index contributed by atoms with van der Waals surface area (Å²) >= 11 is 0. The smallest absolute Gasteiger partial charge is 0.120 e. The van der Waals surface area contributed by atoms with Crippen LogP contribution < -0.4 is 9.47 Å². The molecule has 5 nitrogen and oxygen atoms in total. The van der Waals surface area contributed by atoms with Crippen molar-refractivity contribution in [2.24, 2.45) is 10.2 Å². The van der Waals surface area contributed by atoms with E-state index >= 15 is 0 Å². The van der Waals surface area contributed by atoms with Crippen LogP contribution in [0.25, 0.3) is 0 Å². The molecule has 0 spiro atoms. The molecule has 0 fully saturated rings. The van der Waals surface area contributed by atoms with Gasteiger partial charge in [0.1, 0.15) is 17.1 Å². The fourth-order valence-corrected chi connectivity index (χ4v) is 5.94. The molecule has 2 rings (SSSR count). The lowest BCUT2D eigenvalue weighted by Crippen LogP contribution is -2.26. The van der Waals surface area contributed by atoms with Gasteiger partial charge in [-0.05, 0) is 94.7 Å². The van der Waals surface area contributed by atoms with Gasteiger partial charge in [-0.2, -0.15) is 15.5 Å². The second-order valence-electron chi connectivity index (χ2n) is 13.1. The molecule has 43 heavy (non-hydrogen) atoms. The van der Waals surface area contributed by atoms with Gasteiger partial charge in [0.15, 0.2) is 0 Å². The second kappa shape index (κ2) is 20.2. The number of azo groups is 1. The number of rotatable bonds is 22. The SMILES string of the molecule is CCCCCCCCCCCCC(C#N)(CCCC(CCc1cccc(OC)c1)N=NC)c1cccc(OC(C)(C)C)c1. The molecule has 0 aliphatic carbocycles. The quantitative estimate of drug-likeness (QED) is 0.101. The molecule has 0 saturated heterocycles. The molecule has 0 N–H and O–H groups in total. The Kier molecular flexibility index (Phi) is 17.0. The fraction of sp³-hybridized carbons (Fsp3) is 0.658. The maximum absolute atomic E-state index is 10.7. The van der Waals surface area contributed by atoms with Crippen LogP contribution >= 0.6 is 0 Å². The van der Waals surface area contributed by atoms with E-state index in [4.69, 9.17) is 9.47 Å². The Morgan fingerprint density at radius 3 is 2.05 bits per heavy atom. The number of aryl methyl sites for hydroxylation is 1. The average Bonchev–Trinajstić information content (AvgIpc) is 2.99. The van der Waals surface area contributed by atoms with Crippen LogP contribution in [0.3, 0.4) is 0 Å². The highest BCUT2D eigenvalue weighted by Gasteiger charge is 2.32. The van der Waals surface area contributed by atoms with Gasteiger partial charge in [-0.25, -0.2) is 0 Å². The first-order valence-electron chi connectivity index (χ1n) is 16.9. The first kappa shape index (κ1) is 36.3. The number of nitrogens with zero attached hydrogens (tertiary/aromatic N) is 3. The van der Waals surface area contributed by atoms with Crippen molar-refractivity contribution in [3.05, 3.63) is 59.7 Å². The van der Waals surface area contributed by atoms with E-state index in [-0.39, 0.29) is 11.6 Å². The normalized spacial score (nSPS) is 13.9. The van der Waals surface area contributed by atoms with Gasteiger partial charge in [0.05, 0.1) is 24.6 Å². The predicted octanol–water partition coefficient (Wildman–Crippen LogP) is 11.2. The summed E-state index contributed by atoms with van der Waals surface area (Å²) in [7, 11) is 3.46. The summed E-state index contributed by atoms with van der Waals surface area (Å²) in [6, 6.07) is 19.5. The Hall–Kier alpha value is -2.87. The minimum Gasteiger partial charge on any atom is -0.497 e. The third-order valence-corrected chi connectivity index (χ3v) is 8.30. The Morgan fingerprint density at radius 1 is 0.791 bits per heavy atom. The van der Waals surface area contributed by atoms with Crippen molar-refractivity contribution in [2.75, 3.05) is 14.2 Å². The number of hydrogen-bond donors (Lipinski definition) is 0. The summed E-state index contributed by atoms with van der Waals surface area (Å²) in [5.74, 6) is 1.72. The molecule has 0 saturated carbocycles. The minimum absolute atomic E-state index is 0.139. The number of nitriles is 1. The third kappa shape index (κ3) is 14.4. The van der Waals surface area contributed by atoms with Crippen LogP contribution in [0.1, 0.15) is 135 Å². The zero-order chi connectivity index (χ0) is 31.4.